The molecule has 1 aliphatic rings. The Balaban J connectivity index is 2.32. The van der Waals surface area contributed by atoms with E-state index < -0.39 is 0 Å². The molecule has 0 heterocycles. The first-order valence-electron chi connectivity index (χ1n) is 6.27. The van der Waals surface area contributed by atoms with Gasteiger partial charge in [0, 0.05) is 12.6 Å². The van der Waals surface area contributed by atoms with Crippen molar-refractivity contribution in [3.63, 3.8) is 0 Å². The van der Waals surface area contributed by atoms with Crippen LogP contribution in [0.25, 0.3) is 0 Å². The summed E-state index contributed by atoms with van der Waals surface area (Å²) in [6.45, 7) is 2.05. The van der Waals surface area contributed by atoms with Crippen LogP contribution in [-0.4, -0.2) is 34.9 Å². The van der Waals surface area contributed by atoms with Crippen molar-refractivity contribution in [3.8, 4) is 5.75 Å². The Hall–Kier alpha value is -2.40. The molecule has 3 N–H and O–H groups in total. The number of phenols is 1. The second kappa shape index (κ2) is 6.16. The van der Waals surface area contributed by atoms with Gasteiger partial charge >= 0.3 is 0 Å². The number of carbonyl (C=O) groups excluding carboxylic acids is 1. The molecule has 2 rings (SSSR count). The van der Waals surface area contributed by atoms with Gasteiger partial charge in [0.25, 0.3) is 0 Å². The molecule has 0 aromatic heterocycles. The lowest BCUT2D eigenvalue weighted by Gasteiger charge is -2.15. The van der Waals surface area contributed by atoms with Crippen LogP contribution in [0.5, 0.6) is 5.75 Å². The summed E-state index contributed by atoms with van der Waals surface area (Å²) in [5, 5.41) is 21.1. The molecule has 0 saturated carbocycles. The molecule has 0 amide bonds. The Labute approximate surface area is 117 Å². The summed E-state index contributed by atoms with van der Waals surface area (Å²) in [4.78, 5) is 16.1. The van der Waals surface area contributed by atoms with Gasteiger partial charge in [-0.15, -0.1) is 0 Å². The first-order valence-corrected chi connectivity index (χ1v) is 6.27. The first kappa shape index (κ1) is 14.0. The number of hydrogen-bond acceptors (Lipinski definition) is 5. The fraction of sp³-hybridized carbons (Fsp3) is 0.200. The number of aromatic hydroxyl groups is 1. The maximum absolute atomic E-state index is 11.7. The number of aliphatic hydroxyl groups excluding tert-OH is 1. The van der Waals surface area contributed by atoms with E-state index in [9.17, 15) is 9.90 Å². The van der Waals surface area contributed by atoms with Crippen molar-refractivity contribution in [3.05, 3.63) is 47.7 Å². The summed E-state index contributed by atoms with van der Waals surface area (Å²) in [5.74, 6) is 0.101. The summed E-state index contributed by atoms with van der Waals surface area (Å²) in [7, 11) is 0. The Kier molecular flexibility index (Phi) is 4.32. The van der Waals surface area contributed by atoms with Gasteiger partial charge in [0.15, 0.2) is 5.78 Å². The van der Waals surface area contributed by atoms with E-state index in [4.69, 9.17) is 5.11 Å². The van der Waals surface area contributed by atoms with Crippen molar-refractivity contribution in [1.29, 1.82) is 0 Å². The van der Waals surface area contributed by atoms with E-state index in [2.05, 4.69) is 10.3 Å². The highest BCUT2D eigenvalue weighted by Crippen LogP contribution is 2.20. The van der Waals surface area contributed by atoms with Crippen LogP contribution in [0, 0.1) is 0 Å². The van der Waals surface area contributed by atoms with Crippen molar-refractivity contribution < 1.29 is 15.0 Å². The number of carbonyl (C=O) groups is 1. The number of aliphatic hydroxyl groups is 1. The SMILES string of the molecule is CC1=CC(=Nc2ccc(O)cc2)C(NCCO)=CC1=O. The summed E-state index contributed by atoms with van der Waals surface area (Å²) in [6.07, 6.45) is 3.18. The minimum atomic E-state index is -0.0740. The Bertz CT molecular complexity index is 598. The van der Waals surface area contributed by atoms with Gasteiger partial charge in [-0.05, 0) is 42.8 Å². The van der Waals surface area contributed by atoms with Crippen LogP contribution in [-0.2, 0) is 4.79 Å². The van der Waals surface area contributed by atoms with Crippen LogP contribution >= 0.6 is 0 Å². The van der Waals surface area contributed by atoms with Gasteiger partial charge in [-0.25, -0.2) is 4.99 Å². The molecule has 0 fully saturated rings. The van der Waals surface area contributed by atoms with Gasteiger partial charge in [-0.1, -0.05) is 0 Å². The number of allylic oxidation sites excluding steroid dienone is 3. The number of nitrogens with zero attached hydrogens (tertiary/aromatic N) is 1. The molecule has 5 nitrogen and oxygen atoms in total. The van der Waals surface area contributed by atoms with Crippen molar-refractivity contribution >= 4 is 17.2 Å². The van der Waals surface area contributed by atoms with E-state index in [1.165, 1.54) is 6.08 Å². The fourth-order valence-corrected chi connectivity index (χ4v) is 1.76. The second-order valence-electron chi connectivity index (χ2n) is 4.41. The molecule has 104 valence electrons. The molecule has 0 aliphatic heterocycles. The first-order chi connectivity index (χ1) is 9.60. The van der Waals surface area contributed by atoms with Crippen LogP contribution < -0.4 is 5.32 Å². The normalized spacial score (nSPS) is 16.9. The molecular formula is C15H16N2O3. The van der Waals surface area contributed by atoms with E-state index in [1.807, 2.05) is 0 Å². The lowest BCUT2D eigenvalue weighted by molar-refractivity contribution is -0.111. The molecule has 20 heavy (non-hydrogen) atoms. The standard InChI is InChI=1S/C15H16N2O3/c1-10-8-14(13(9-15(10)20)16-6-7-18)17-11-2-4-12(19)5-3-11/h2-5,8-9,16,18-19H,6-7H2,1H3. The van der Waals surface area contributed by atoms with Gasteiger partial charge in [0.05, 0.1) is 23.7 Å². The Morgan fingerprint density at radius 2 is 1.90 bits per heavy atom. The number of nitrogens with one attached hydrogen (secondary N) is 1. The highest BCUT2D eigenvalue weighted by molar-refractivity contribution is 6.22. The van der Waals surface area contributed by atoms with Gasteiger partial charge < -0.3 is 15.5 Å². The van der Waals surface area contributed by atoms with Crippen LogP contribution in [0.3, 0.4) is 0 Å². The number of benzene rings is 1. The third-order valence-corrected chi connectivity index (χ3v) is 2.82. The van der Waals surface area contributed by atoms with E-state index in [0.717, 1.165) is 0 Å². The summed E-state index contributed by atoms with van der Waals surface area (Å²) in [6, 6.07) is 6.47. The van der Waals surface area contributed by atoms with E-state index in [0.29, 0.717) is 29.2 Å². The maximum Gasteiger partial charge on any atom is 0.183 e. The Morgan fingerprint density at radius 1 is 1.20 bits per heavy atom. The predicted octanol–water partition coefficient (Wildman–Crippen LogP) is 1.46. The van der Waals surface area contributed by atoms with Crippen LogP contribution in [0.15, 0.2) is 52.7 Å². The van der Waals surface area contributed by atoms with Gasteiger partial charge in [0.1, 0.15) is 5.75 Å². The predicted molar refractivity (Wildman–Crippen MR) is 77.1 cm³/mol. The molecule has 0 unspecified atom stereocenters. The summed E-state index contributed by atoms with van der Waals surface area (Å²) in [5.41, 5.74) is 2.49. The van der Waals surface area contributed by atoms with Crippen molar-refractivity contribution in [2.45, 2.75) is 6.92 Å². The number of aliphatic imine (C=N–C) groups is 1. The van der Waals surface area contributed by atoms with Crippen LogP contribution in [0.2, 0.25) is 0 Å². The monoisotopic (exact) mass is 272 g/mol. The zero-order chi connectivity index (χ0) is 14.5. The summed E-state index contributed by atoms with van der Waals surface area (Å²) < 4.78 is 0. The molecule has 0 spiro atoms. The molecule has 0 saturated heterocycles. The zero-order valence-electron chi connectivity index (χ0n) is 11.1. The average Bonchev–Trinajstić information content (AvgIpc) is 2.43. The highest BCUT2D eigenvalue weighted by Gasteiger charge is 2.15. The quantitative estimate of drug-likeness (QED) is 0.725. The molecule has 1 aliphatic carbocycles. The highest BCUT2D eigenvalue weighted by atomic mass is 16.3. The lowest BCUT2D eigenvalue weighted by atomic mass is 10.0. The molecule has 0 radical (unpaired) electrons. The number of rotatable bonds is 4. The van der Waals surface area contributed by atoms with Crippen LogP contribution in [0.4, 0.5) is 5.69 Å². The largest absolute Gasteiger partial charge is 0.508 e. The van der Waals surface area contributed by atoms with Crippen molar-refractivity contribution in [1.82, 2.24) is 5.32 Å². The second-order valence-corrected chi connectivity index (χ2v) is 4.41. The third kappa shape index (κ3) is 3.33. The Morgan fingerprint density at radius 3 is 2.55 bits per heavy atom. The van der Waals surface area contributed by atoms with Gasteiger partial charge in [0.2, 0.25) is 0 Å². The van der Waals surface area contributed by atoms with Gasteiger partial charge in [-0.2, -0.15) is 0 Å². The fourth-order valence-electron chi connectivity index (χ4n) is 1.76. The maximum atomic E-state index is 11.7. The molecule has 1 aromatic rings. The number of ketones is 1. The molecule has 0 atom stereocenters. The lowest BCUT2D eigenvalue weighted by Crippen LogP contribution is -2.26. The minimum Gasteiger partial charge on any atom is -0.508 e. The molecular weight excluding hydrogens is 256 g/mol. The zero-order valence-corrected chi connectivity index (χ0v) is 11.1. The van der Waals surface area contributed by atoms with E-state index in [1.54, 1.807) is 37.3 Å². The number of phenolic OH excluding ortho intramolecular Hbond substituents is 1. The molecule has 1 aromatic carbocycles. The van der Waals surface area contributed by atoms with Gasteiger partial charge in [-0.3, -0.25) is 4.79 Å². The smallest absolute Gasteiger partial charge is 0.183 e. The van der Waals surface area contributed by atoms with Crippen LogP contribution in [0.1, 0.15) is 6.92 Å². The molecule has 0 bridgehead atoms. The van der Waals surface area contributed by atoms with E-state index >= 15 is 0 Å². The molecule has 5 heteroatoms. The minimum absolute atomic E-state index is 0.0271. The van der Waals surface area contributed by atoms with Crippen molar-refractivity contribution in [2.75, 3.05) is 13.2 Å². The third-order valence-electron chi connectivity index (χ3n) is 2.82. The number of hydrogen-bond donors (Lipinski definition) is 3. The topological polar surface area (TPSA) is 81.9 Å². The summed E-state index contributed by atoms with van der Waals surface area (Å²) >= 11 is 0. The average molecular weight is 272 g/mol. The van der Waals surface area contributed by atoms with E-state index in [-0.39, 0.29) is 18.1 Å². The van der Waals surface area contributed by atoms with Crippen molar-refractivity contribution in [2.24, 2.45) is 4.99 Å².